The second-order valence-electron chi connectivity index (χ2n) is 4.53. The van der Waals surface area contributed by atoms with Gasteiger partial charge >= 0.3 is 0 Å². The molecule has 1 aliphatic rings. The first-order chi connectivity index (χ1) is 9.32. The van der Waals surface area contributed by atoms with Gasteiger partial charge in [0.2, 0.25) is 10.0 Å². The maximum absolute atomic E-state index is 12.4. The van der Waals surface area contributed by atoms with Crippen LogP contribution in [0.2, 0.25) is 5.02 Å². The third-order valence-corrected chi connectivity index (χ3v) is 5.29. The fourth-order valence-electron chi connectivity index (χ4n) is 2.08. The standard InChI is InChI=1S/C11H13ClN2O5S/c12-10-4-3-9(6-11(10)14(16)17)20(18,19)13-5-1-2-8(15)7-13/h3-4,6,8,15H,1-2,5,7H2. The first-order valence-electron chi connectivity index (χ1n) is 5.94. The van der Waals surface area contributed by atoms with E-state index in [0.717, 1.165) is 10.4 Å². The summed E-state index contributed by atoms with van der Waals surface area (Å²) in [6, 6.07) is 3.36. The minimum absolute atomic E-state index is 0.00123. The Balaban J connectivity index is 2.39. The molecule has 9 heteroatoms. The Morgan fingerprint density at radius 1 is 1.45 bits per heavy atom. The summed E-state index contributed by atoms with van der Waals surface area (Å²) in [6.45, 7) is 0.286. The molecule has 0 bridgehead atoms. The third kappa shape index (κ3) is 2.93. The van der Waals surface area contributed by atoms with Gasteiger partial charge in [0.1, 0.15) is 5.02 Å². The van der Waals surface area contributed by atoms with E-state index in [9.17, 15) is 23.6 Å². The average molecular weight is 321 g/mol. The predicted octanol–water partition coefficient (Wildman–Crippen LogP) is 1.39. The number of nitro groups is 1. The summed E-state index contributed by atoms with van der Waals surface area (Å²) in [5, 5.41) is 20.2. The summed E-state index contributed by atoms with van der Waals surface area (Å²) in [7, 11) is -3.86. The number of rotatable bonds is 3. The van der Waals surface area contributed by atoms with Gasteiger partial charge in [-0.25, -0.2) is 8.42 Å². The van der Waals surface area contributed by atoms with Gasteiger partial charge in [0, 0.05) is 19.2 Å². The molecule has 1 N–H and O–H groups in total. The van der Waals surface area contributed by atoms with Crippen molar-refractivity contribution in [1.29, 1.82) is 0 Å². The Labute approximate surface area is 121 Å². The number of hydrogen-bond donors (Lipinski definition) is 1. The van der Waals surface area contributed by atoms with Crippen molar-refractivity contribution in [3.63, 3.8) is 0 Å². The topological polar surface area (TPSA) is 101 Å². The van der Waals surface area contributed by atoms with Crippen LogP contribution in [-0.4, -0.2) is 41.9 Å². The van der Waals surface area contributed by atoms with Crippen molar-refractivity contribution in [3.8, 4) is 0 Å². The highest BCUT2D eigenvalue weighted by Gasteiger charge is 2.30. The van der Waals surface area contributed by atoms with Crippen LogP contribution in [-0.2, 0) is 10.0 Å². The Hall–Kier alpha value is -1.22. The highest BCUT2D eigenvalue weighted by Crippen LogP contribution is 2.29. The first kappa shape index (κ1) is 15.2. The molecule has 0 radical (unpaired) electrons. The summed E-state index contributed by atoms with van der Waals surface area (Å²) in [6.07, 6.45) is 0.392. The van der Waals surface area contributed by atoms with Crippen LogP contribution in [0.1, 0.15) is 12.8 Å². The lowest BCUT2D eigenvalue weighted by atomic mass is 10.1. The van der Waals surface area contributed by atoms with Gasteiger partial charge in [-0.2, -0.15) is 4.31 Å². The second kappa shape index (κ2) is 5.65. The van der Waals surface area contributed by atoms with E-state index in [2.05, 4.69) is 0 Å². The van der Waals surface area contributed by atoms with Gasteiger partial charge in [-0.1, -0.05) is 11.6 Å². The Bertz CT molecular complexity index is 634. The summed E-state index contributed by atoms with van der Waals surface area (Å²) in [5.74, 6) is 0. The number of aliphatic hydroxyl groups is 1. The van der Waals surface area contributed by atoms with Crippen LogP contribution in [0.25, 0.3) is 0 Å². The van der Waals surface area contributed by atoms with Gasteiger partial charge in [0.15, 0.2) is 0 Å². The highest BCUT2D eigenvalue weighted by atomic mass is 35.5. The molecule has 0 amide bonds. The van der Waals surface area contributed by atoms with Crippen molar-refractivity contribution in [3.05, 3.63) is 33.3 Å². The molecule has 0 aromatic heterocycles. The summed E-state index contributed by atoms with van der Waals surface area (Å²) in [5.41, 5.74) is -0.453. The minimum Gasteiger partial charge on any atom is -0.392 e. The third-order valence-electron chi connectivity index (χ3n) is 3.11. The molecule has 1 fully saturated rings. The predicted molar refractivity (Wildman–Crippen MR) is 72.1 cm³/mol. The molecular formula is C11H13ClN2O5S. The fourth-order valence-corrected chi connectivity index (χ4v) is 3.80. The quantitative estimate of drug-likeness (QED) is 0.670. The molecular weight excluding hydrogens is 308 g/mol. The molecule has 1 aromatic rings. The zero-order valence-electron chi connectivity index (χ0n) is 10.4. The van der Waals surface area contributed by atoms with Crippen LogP contribution in [0.4, 0.5) is 5.69 Å². The summed E-state index contributed by atoms with van der Waals surface area (Å²) < 4.78 is 25.9. The number of nitrogens with zero attached hydrogens (tertiary/aromatic N) is 2. The maximum Gasteiger partial charge on any atom is 0.289 e. The molecule has 2 rings (SSSR count). The number of halogens is 1. The van der Waals surface area contributed by atoms with Crippen LogP contribution in [0.3, 0.4) is 0 Å². The molecule has 1 saturated heterocycles. The Morgan fingerprint density at radius 3 is 2.75 bits per heavy atom. The van der Waals surface area contributed by atoms with Crippen LogP contribution < -0.4 is 0 Å². The SMILES string of the molecule is O=[N+]([O-])c1cc(S(=O)(=O)N2CCCC(O)C2)ccc1Cl. The number of β-amino-alcohol motifs (C(OH)–C–C–N with tert-alkyl or cyclic N) is 1. The first-order valence-corrected chi connectivity index (χ1v) is 7.76. The van der Waals surface area contributed by atoms with Gasteiger partial charge in [0.25, 0.3) is 5.69 Å². The lowest BCUT2D eigenvalue weighted by Gasteiger charge is -2.29. The summed E-state index contributed by atoms with van der Waals surface area (Å²) >= 11 is 5.66. The molecule has 0 spiro atoms. The van der Waals surface area contributed by atoms with Crippen molar-refractivity contribution in [2.24, 2.45) is 0 Å². The number of sulfonamides is 1. The van der Waals surface area contributed by atoms with Gasteiger partial charge in [-0.05, 0) is 25.0 Å². The van der Waals surface area contributed by atoms with Crippen molar-refractivity contribution in [1.82, 2.24) is 4.31 Å². The van der Waals surface area contributed by atoms with Gasteiger partial charge < -0.3 is 5.11 Å². The van der Waals surface area contributed by atoms with E-state index in [-0.39, 0.29) is 23.0 Å². The van der Waals surface area contributed by atoms with Gasteiger partial charge in [0.05, 0.1) is 15.9 Å². The number of hydrogen-bond acceptors (Lipinski definition) is 5. The molecule has 110 valence electrons. The number of nitro benzene ring substituents is 1. The van der Waals surface area contributed by atoms with Crippen molar-refractivity contribution in [2.75, 3.05) is 13.1 Å². The largest absolute Gasteiger partial charge is 0.392 e. The molecule has 1 aliphatic heterocycles. The molecule has 1 atom stereocenters. The van der Waals surface area contributed by atoms with Crippen LogP contribution in [0, 0.1) is 10.1 Å². The van der Waals surface area contributed by atoms with Crippen LogP contribution >= 0.6 is 11.6 Å². The van der Waals surface area contributed by atoms with E-state index < -0.39 is 26.7 Å². The van der Waals surface area contributed by atoms with Crippen LogP contribution in [0.5, 0.6) is 0 Å². The molecule has 1 heterocycles. The molecule has 0 saturated carbocycles. The smallest absolute Gasteiger partial charge is 0.289 e. The maximum atomic E-state index is 12.4. The number of aliphatic hydroxyl groups excluding tert-OH is 1. The molecule has 0 aliphatic carbocycles. The zero-order valence-corrected chi connectivity index (χ0v) is 12.0. The van der Waals surface area contributed by atoms with E-state index in [0.29, 0.717) is 12.8 Å². The molecule has 1 aromatic carbocycles. The van der Waals surface area contributed by atoms with E-state index in [1.165, 1.54) is 12.1 Å². The minimum atomic E-state index is -3.86. The van der Waals surface area contributed by atoms with E-state index >= 15 is 0 Å². The van der Waals surface area contributed by atoms with E-state index in [1.807, 2.05) is 0 Å². The zero-order chi connectivity index (χ0) is 14.9. The molecule has 7 nitrogen and oxygen atoms in total. The Kier molecular flexibility index (Phi) is 4.28. The number of piperidine rings is 1. The highest BCUT2D eigenvalue weighted by molar-refractivity contribution is 7.89. The van der Waals surface area contributed by atoms with E-state index in [4.69, 9.17) is 11.6 Å². The van der Waals surface area contributed by atoms with Crippen LogP contribution in [0.15, 0.2) is 23.1 Å². The fraction of sp³-hybridized carbons (Fsp3) is 0.455. The number of benzene rings is 1. The van der Waals surface area contributed by atoms with E-state index in [1.54, 1.807) is 0 Å². The lowest BCUT2D eigenvalue weighted by molar-refractivity contribution is -0.384. The second-order valence-corrected chi connectivity index (χ2v) is 6.87. The molecule has 20 heavy (non-hydrogen) atoms. The normalized spacial score (nSPS) is 20.8. The average Bonchev–Trinajstić information content (AvgIpc) is 2.38. The van der Waals surface area contributed by atoms with Crippen molar-refractivity contribution in [2.45, 2.75) is 23.8 Å². The van der Waals surface area contributed by atoms with Crippen molar-refractivity contribution >= 4 is 27.3 Å². The Morgan fingerprint density at radius 2 is 2.15 bits per heavy atom. The van der Waals surface area contributed by atoms with Crippen molar-refractivity contribution < 1.29 is 18.4 Å². The van der Waals surface area contributed by atoms with Gasteiger partial charge in [-0.15, -0.1) is 0 Å². The van der Waals surface area contributed by atoms with Gasteiger partial charge in [-0.3, -0.25) is 10.1 Å². The molecule has 1 unspecified atom stereocenters. The summed E-state index contributed by atoms with van der Waals surface area (Å²) in [4.78, 5) is 9.88. The lowest BCUT2D eigenvalue weighted by Crippen LogP contribution is -2.42. The monoisotopic (exact) mass is 320 g/mol.